The highest BCUT2D eigenvalue weighted by atomic mass is 16.5. The number of nitrogens with zero attached hydrogens (tertiary/aromatic N) is 1. The monoisotopic (exact) mass is 296 g/mol. The van der Waals surface area contributed by atoms with E-state index in [4.69, 9.17) is 4.74 Å². The van der Waals surface area contributed by atoms with Gasteiger partial charge in [-0.1, -0.05) is 33.6 Å². The van der Waals surface area contributed by atoms with Crippen molar-refractivity contribution in [3.63, 3.8) is 0 Å². The standard InChI is InChI=1S/C18H36N2O/c1-5-17-12-21-16(4)11-20(17)14-18(8-6-7-9-18)13-19-10-15(2)3/h15-17,19H,5-14H2,1-4H3. The summed E-state index contributed by atoms with van der Waals surface area (Å²) < 4.78 is 5.86. The molecule has 0 aromatic rings. The molecular weight excluding hydrogens is 260 g/mol. The summed E-state index contributed by atoms with van der Waals surface area (Å²) in [6, 6.07) is 0.628. The van der Waals surface area contributed by atoms with Gasteiger partial charge in [0.05, 0.1) is 12.7 Å². The largest absolute Gasteiger partial charge is 0.376 e. The molecule has 0 spiro atoms. The van der Waals surface area contributed by atoms with Crippen molar-refractivity contribution in [3.8, 4) is 0 Å². The van der Waals surface area contributed by atoms with Crippen LogP contribution in [0.15, 0.2) is 0 Å². The molecule has 0 aromatic heterocycles. The molecule has 1 N–H and O–H groups in total. The van der Waals surface area contributed by atoms with E-state index in [1.807, 2.05) is 0 Å². The Labute approximate surface area is 131 Å². The lowest BCUT2D eigenvalue weighted by Gasteiger charge is -2.43. The van der Waals surface area contributed by atoms with Gasteiger partial charge >= 0.3 is 0 Å². The Morgan fingerprint density at radius 1 is 1.29 bits per heavy atom. The Morgan fingerprint density at radius 3 is 2.62 bits per heavy atom. The summed E-state index contributed by atoms with van der Waals surface area (Å²) in [5.41, 5.74) is 0.513. The zero-order valence-corrected chi connectivity index (χ0v) is 14.7. The Morgan fingerprint density at radius 2 is 2.00 bits per heavy atom. The Hall–Kier alpha value is -0.120. The fourth-order valence-electron chi connectivity index (χ4n) is 4.06. The molecule has 2 atom stereocenters. The minimum atomic E-state index is 0.398. The third-order valence-electron chi connectivity index (χ3n) is 5.31. The number of hydrogen-bond acceptors (Lipinski definition) is 3. The first kappa shape index (κ1) is 17.2. The van der Waals surface area contributed by atoms with Gasteiger partial charge in [0.25, 0.3) is 0 Å². The first-order valence-electron chi connectivity index (χ1n) is 9.11. The van der Waals surface area contributed by atoms with Crippen molar-refractivity contribution in [1.29, 1.82) is 0 Å². The van der Waals surface area contributed by atoms with Crippen LogP contribution < -0.4 is 5.32 Å². The summed E-state index contributed by atoms with van der Waals surface area (Å²) in [4.78, 5) is 2.73. The Bertz CT molecular complexity index is 300. The quantitative estimate of drug-likeness (QED) is 0.780. The fourth-order valence-corrected chi connectivity index (χ4v) is 4.06. The Balaban J connectivity index is 1.94. The van der Waals surface area contributed by atoms with Crippen LogP contribution in [0.25, 0.3) is 0 Å². The van der Waals surface area contributed by atoms with Crippen LogP contribution in [0.5, 0.6) is 0 Å². The fraction of sp³-hybridized carbons (Fsp3) is 1.00. The van der Waals surface area contributed by atoms with Gasteiger partial charge in [0.2, 0.25) is 0 Å². The van der Waals surface area contributed by atoms with Crippen molar-refractivity contribution in [2.45, 2.75) is 71.9 Å². The average Bonchev–Trinajstić information content (AvgIpc) is 2.87. The van der Waals surface area contributed by atoms with Gasteiger partial charge in [0.1, 0.15) is 0 Å². The number of ether oxygens (including phenoxy) is 1. The van der Waals surface area contributed by atoms with E-state index in [1.54, 1.807) is 0 Å². The van der Waals surface area contributed by atoms with Gasteiger partial charge in [-0.05, 0) is 44.1 Å². The maximum Gasteiger partial charge on any atom is 0.0674 e. The summed E-state index contributed by atoms with van der Waals surface area (Å²) >= 11 is 0. The topological polar surface area (TPSA) is 24.5 Å². The van der Waals surface area contributed by atoms with Crippen LogP contribution in [-0.4, -0.2) is 49.8 Å². The second kappa shape index (κ2) is 7.94. The van der Waals surface area contributed by atoms with Crippen LogP contribution in [-0.2, 0) is 4.74 Å². The van der Waals surface area contributed by atoms with Gasteiger partial charge < -0.3 is 10.1 Å². The lowest BCUT2D eigenvalue weighted by Crippen LogP contribution is -2.53. The summed E-state index contributed by atoms with van der Waals surface area (Å²) in [6.07, 6.45) is 7.25. The molecule has 3 nitrogen and oxygen atoms in total. The summed E-state index contributed by atoms with van der Waals surface area (Å²) in [5.74, 6) is 0.746. The lowest BCUT2D eigenvalue weighted by atomic mass is 9.84. The third kappa shape index (κ3) is 4.94. The van der Waals surface area contributed by atoms with E-state index >= 15 is 0 Å². The molecule has 2 rings (SSSR count). The smallest absolute Gasteiger partial charge is 0.0674 e. The molecule has 1 saturated carbocycles. The highest BCUT2D eigenvalue weighted by Gasteiger charge is 2.38. The second-order valence-electron chi connectivity index (χ2n) is 7.87. The maximum atomic E-state index is 5.86. The number of morpholine rings is 1. The molecule has 1 aliphatic carbocycles. The van der Waals surface area contributed by atoms with Crippen molar-refractivity contribution in [3.05, 3.63) is 0 Å². The van der Waals surface area contributed by atoms with Gasteiger partial charge in [0, 0.05) is 25.7 Å². The van der Waals surface area contributed by atoms with E-state index in [2.05, 4.69) is 37.9 Å². The van der Waals surface area contributed by atoms with Crippen LogP contribution in [0, 0.1) is 11.3 Å². The van der Waals surface area contributed by atoms with Crippen molar-refractivity contribution in [2.75, 3.05) is 32.8 Å². The highest BCUT2D eigenvalue weighted by Crippen LogP contribution is 2.39. The molecule has 1 heterocycles. The molecular formula is C18H36N2O. The molecule has 1 aliphatic heterocycles. The van der Waals surface area contributed by atoms with Crippen molar-refractivity contribution < 1.29 is 4.74 Å². The molecule has 1 saturated heterocycles. The lowest BCUT2D eigenvalue weighted by molar-refractivity contribution is -0.0689. The van der Waals surface area contributed by atoms with Crippen LogP contribution in [0.2, 0.25) is 0 Å². The van der Waals surface area contributed by atoms with Gasteiger partial charge in [-0.15, -0.1) is 0 Å². The van der Waals surface area contributed by atoms with Gasteiger partial charge in [0.15, 0.2) is 0 Å². The van der Waals surface area contributed by atoms with E-state index < -0.39 is 0 Å². The van der Waals surface area contributed by atoms with Crippen LogP contribution >= 0.6 is 0 Å². The van der Waals surface area contributed by atoms with Crippen LogP contribution in [0.1, 0.15) is 59.8 Å². The van der Waals surface area contributed by atoms with E-state index in [1.165, 1.54) is 45.2 Å². The normalized spacial score (nSPS) is 30.1. The highest BCUT2D eigenvalue weighted by molar-refractivity contribution is 4.92. The van der Waals surface area contributed by atoms with E-state index in [-0.39, 0.29) is 0 Å². The summed E-state index contributed by atoms with van der Waals surface area (Å²) in [6.45, 7) is 14.8. The van der Waals surface area contributed by atoms with E-state index in [9.17, 15) is 0 Å². The van der Waals surface area contributed by atoms with Crippen molar-refractivity contribution in [1.82, 2.24) is 10.2 Å². The molecule has 3 heteroatoms. The third-order valence-corrected chi connectivity index (χ3v) is 5.31. The minimum absolute atomic E-state index is 0.398. The first-order chi connectivity index (χ1) is 10.0. The average molecular weight is 296 g/mol. The Kier molecular flexibility index (Phi) is 6.51. The number of rotatable bonds is 7. The van der Waals surface area contributed by atoms with Crippen molar-refractivity contribution >= 4 is 0 Å². The van der Waals surface area contributed by atoms with Gasteiger partial charge in [-0.3, -0.25) is 4.90 Å². The SMILES string of the molecule is CCC1COC(C)CN1CC1(CNCC(C)C)CCCC1. The summed E-state index contributed by atoms with van der Waals surface area (Å²) in [5, 5.41) is 3.74. The molecule has 124 valence electrons. The van der Waals surface area contributed by atoms with E-state index in [0.29, 0.717) is 17.6 Å². The van der Waals surface area contributed by atoms with Crippen LogP contribution in [0.3, 0.4) is 0 Å². The maximum absolute atomic E-state index is 5.86. The summed E-state index contributed by atoms with van der Waals surface area (Å²) in [7, 11) is 0. The molecule has 2 fully saturated rings. The molecule has 0 radical (unpaired) electrons. The minimum Gasteiger partial charge on any atom is -0.376 e. The zero-order chi connectivity index (χ0) is 15.3. The molecule has 0 amide bonds. The van der Waals surface area contributed by atoms with Gasteiger partial charge in [-0.25, -0.2) is 0 Å². The predicted molar refractivity (Wildman–Crippen MR) is 89.7 cm³/mol. The van der Waals surface area contributed by atoms with Crippen LogP contribution in [0.4, 0.5) is 0 Å². The molecule has 0 bridgehead atoms. The molecule has 0 aromatic carbocycles. The van der Waals surface area contributed by atoms with Gasteiger partial charge in [-0.2, -0.15) is 0 Å². The van der Waals surface area contributed by atoms with Crippen molar-refractivity contribution in [2.24, 2.45) is 11.3 Å². The molecule has 21 heavy (non-hydrogen) atoms. The second-order valence-corrected chi connectivity index (χ2v) is 7.87. The molecule has 2 unspecified atom stereocenters. The molecule has 2 aliphatic rings. The number of hydrogen-bond donors (Lipinski definition) is 1. The first-order valence-corrected chi connectivity index (χ1v) is 9.11. The zero-order valence-electron chi connectivity index (χ0n) is 14.7. The number of nitrogens with one attached hydrogen (secondary N) is 1. The van der Waals surface area contributed by atoms with E-state index in [0.717, 1.165) is 25.6 Å². The predicted octanol–water partition coefficient (Wildman–Crippen LogP) is 3.29.